The van der Waals surface area contributed by atoms with Gasteiger partial charge in [-0.05, 0) is 38.9 Å². The molecule has 2 atom stereocenters. The molecule has 2 unspecified atom stereocenters. The van der Waals surface area contributed by atoms with Crippen LogP contribution in [0.5, 0.6) is 5.75 Å². The smallest absolute Gasteiger partial charge is 0.410 e. The van der Waals surface area contributed by atoms with Gasteiger partial charge in [0.1, 0.15) is 11.4 Å². The zero-order valence-corrected chi connectivity index (χ0v) is 24.3. The van der Waals surface area contributed by atoms with Crippen LogP contribution in [0.25, 0.3) is 0 Å². The fourth-order valence-electron chi connectivity index (χ4n) is 4.25. The van der Waals surface area contributed by atoms with Crippen LogP contribution in [0, 0.1) is 5.92 Å². The number of carbonyl (C=O) groups is 2. The molecule has 0 aliphatic carbocycles. The minimum Gasteiger partial charge on any atom is -0.467 e. The fourth-order valence-corrected chi connectivity index (χ4v) is 5.47. The van der Waals surface area contributed by atoms with E-state index in [-0.39, 0.29) is 36.7 Å². The number of likely N-dealkylation sites (tertiary alicyclic amines) is 2. The molecule has 2 heterocycles. The van der Waals surface area contributed by atoms with Crippen molar-refractivity contribution in [2.45, 2.75) is 70.9 Å². The summed E-state index contributed by atoms with van der Waals surface area (Å²) < 4.78 is 17.1. The summed E-state index contributed by atoms with van der Waals surface area (Å²) in [6.07, 6.45) is -0.354. The second-order valence-electron chi connectivity index (χ2n) is 11.7. The molecule has 196 valence electrons. The molecule has 2 aliphatic rings. The van der Waals surface area contributed by atoms with Crippen LogP contribution in [0.4, 0.5) is 4.79 Å². The summed E-state index contributed by atoms with van der Waals surface area (Å²) in [4.78, 5) is 29.0. The van der Waals surface area contributed by atoms with Gasteiger partial charge in [-0.3, -0.25) is 4.79 Å². The quantitative estimate of drug-likeness (QED) is 0.232. The van der Waals surface area contributed by atoms with Gasteiger partial charge in [-0.15, -0.1) is 0 Å². The van der Waals surface area contributed by atoms with E-state index in [0.717, 1.165) is 11.6 Å². The molecule has 3 rings (SSSR count). The van der Waals surface area contributed by atoms with Crippen molar-refractivity contribution < 1.29 is 23.8 Å². The van der Waals surface area contributed by atoms with Gasteiger partial charge in [0.25, 0.3) is 0 Å². The number of carbonyl (C=O) groups excluding carboxylic acids is 2. The number of nitrogens with zero attached hydrogens (tertiary/aromatic N) is 2. The normalized spacial score (nSPS) is 21.3. The monoisotopic (exact) mass is 544 g/mol. The van der Waals surface area contributed by atoms with Crippen LogP contribution in [0.3, 0.4) is 0 Å². The van der Waals surface area contributed by atoms with Crippen molar-refractivity contribution in [3.8, 4) is 5.75 Å². The molecular formula is C25H38Cl2N2O5Si. The minimum absolute atomic E-state index is 0.0391. The molecule has 35 heavy (non-hydrogen) atoms. The third kappa shape index (κ3) is 7.05. The molecule has 0 bridgehead atoms. The lowest BCUT2D eigenvalue weighted by atomic mass is 9.89. The number of amides is 2. The number of benzene rings is 1. The van der Waals surface area contributed by atoms with Gasteiger partial charge in [-0.2, -0.15) is 0 Å². The Morgan fingerprint density at radius 3 is 2.40 bits per heavy atom. The van der Waals surface area contributed by atoms with Gasteiger partial charge in [0.05, 0.1) is 16.1 Å². The van der Waals surface area contributed by atoms with Crippen LogP contribution in [0.1, 0.15) is 39.2 Å². The van der Waals surface area contributed by atoms with Crippen LogP contribution in [-0.4, -0.2) is 74.6 Å². The number of hydrogen-bond acceptors (Lipinski definition) is 5. The van der Waals surface area contributed by atoms with Crippen molar-refractivity contribution in [3.63, 3.8) is 0 Å². The minimum atomic E-state index is -1.19. The first-order valence-electron chi connectivity index (χ1n) is 12.1. The van der Waals surface area contributed by atoms with Crippen molar-refractivity contribution in [1.29, 1.82) is 0 Å². The van der Waals surface area contributed by atoms with Gasteiger partial charge in [0.15, 0.2) is 6.79 Å². The molecule has 10 heteroatoms. The molecule has 0 N–H and O–H groups in total. The maximum Gasteiger partial charge on any atom is 0.410 e. The van der Waals surface area contributed by atoms with Crippen LogP contribution in [-0.2, 0) is 14.3 Å². The van der Waals surface area contributed by atoms with Crippen molar-refractivity contribution >= 4 is 43.3 Å². The van der Waals surface area contributed by atoms with Gasteiger partial charge < -0.3 is 24.0 Å². The molecule has 0 spiro atoms. The van der Waals surface area contributed by atoms with Crippen LogP contribution in [0.2, 0.25) is 35.7 Å². The summed E-state index contributed by atoms with van der Waals surface area (Å²) in [5.74, 6) is 0.151. The highest BCUT2D eigenvalue weighted by Gasteiger charge is 2.47. The summed E-state index contributed by atoms with van der Waals surface area (Å²) in [5, 5.41) is 0.827. The molecule has 2 saturated heterocycles. The Morgan fingerprint density at radius 2 is 1.80 bits per heavy atom. The standard InChI is InChI=1S/C25H38Cl2N2O5Si/c1-16-18(14-29(23(16)30)17-12-28(13-17)24(31)34-25(2,3)4)21-20(9-8-19(26)22(21)27)33-15-32-10-11-35(5,6)7/h8-9,16-18H,10-15H2,1-7H3. The van der Waals surface area contributed by atoms with E-state index in [0.29, 0.717) is 42.0 Å². The zero-order valence-electron chi connectivity index (χ0n) is 21.8. The average Bonchev–Trinajstić information content (AvgIpc) is 2.96. The molecule has 0 radical (unpaired) electrons. The fraction of sp³-hybridized carbons (Fsp3) is 0.680. The number of ether oxygens (including phenoxy) is 3. The lowest BCUT2D eigenvalue weighted by Gasteiger charge is -2.44. The van der Waals surface area contributed by atoms with E-state index < -0.39 is 13.7 Å². The molecule has 1 aromatic rings. The van der Waals surface area contributed by atoms with E-state index in [2.05, 4.69) is 19.6 Å². The Morgan fingerprint density at radius 1 is 1.14 bits per heavy atom. The number of halogens is 2. The Labute approximate surface area is 220 Å². The summed E-state index contributed by atoms with van der Waals surface area (Å²) >= 11 is 13.0. The molecule has 1 aromatic carbocycles. The number of rotatable bonds is 8. The van der Waals surface area contributed by atoms with Crippen LogP contribution < -0.4 is 4.74 Å². The lowest BCUT2D eigenvalue weighted by Crippen LogP contribution is -2.62. The van der Waals surface area contributed by atoms with E-state index in [1.807, 2.05) is 32.6 Å². The Kier molecular flexibility index (Phi) is 8.72. The topological polar surface area (TPSA) is 68.3 Å². The first kappa shape index (κ1) is 28.1. The third-order valence-electron chi connectivity index (χ3n) is 6.38. The lowest BCUT2D eigenvalue weighted by molar-refractivity contribution is -0.135. The third-order valence-corrected chi connectivity index (χ3v) is 8.90. The van der Waals surface area contributed by atoms with Crippen LogP contribution >= 0.6 is 23.2 Å². The molecular weight excluding hydrogens is 507 g/mol. The van der Waals surface area contributed by atoms with E-state index >= 15 is 0 Å². The van der Waals surface area contributed by atoms with Crippen LogP contribution in [0.15, 0.2) is 12.1 Å². The molecule has 7 nitrogen and oxygen atoms in total. The predicted octanol–water partition coefficient (Wildman–Crippen LogP) is 5.87. The van der Waals surface area contributed by atoms with Gasteiger partial charge in [0.2, 0.25) is 5.91 Å². The first-order chi connectivity index (χ1) is 16.2. The summed E-state index contributed by atoms with van der Waals surface area (Å²) in [6.45, 7) is 16.5. The highest BCUT2D eigenvalue weighted by molar-refractivity contribution is 6.76. The second kappa shape index (κ2) is 10.9. The molecule has 2 fully saturated rings. The maximum absolute atomic E-state index is 13.2. The second-order valence-corrected chi connectivity index (χ2v) is 18.1. The summed E-state index contributed by atoms with van der Waals surface area (Å²) in [6, 6.07) is 4.50. The molecule has 2 aliphatic heterocycles. The Bertz CT molecular complexity index is 941. The SMILES string of the molecule is CC1C(=O)N(C2CN(C(=O)OC(C)(C)C)C2)CC1c1c(OCOCC[Si](C)(C)C)ccc(Cl)c1Cl. The summed E-state index contributed by atoms with van der Waals surface area (Å²) in [5.41, 5.74) is 0.184. The number of hydrogen-bond donors (Lipinski definition) is 0. The van der Waals surface area contributed by atoms with E-state index in [4.69, 9.17) is 37.4 Å². The predicted molar refractivity (Wildman–Crippen MR) is 141 cm³/mol. The first-order valence-corrected chi connectivity index (χ1v) is 16.6. The van der Waals surface area contributed by atoms with Crippen molar-refractivity contribution in [1.82, 2.24) is 9.80 Å². The van der Waals surface area contributed by atoms with Crippen molar-refractivity contribution in [2.24, 2.45) is 5.92 Å². The largest absolute Gasteiger partial charge is 0.467 e. The van der Waals surface area contributed by atoms with Crippen molar-refractivity contribution in [3.05, 3.63) is 27.7 Å². The molecule has 2 amide bonds. The maximum atomic E-state index is 13.2. The summed E-state index contributed by atoms with van der Waals surface area (Å²) in [7, 11) is -1.19. The Hall–Kier alpha value is -1.48. The molecule has 0 saturated carbocycles. The van der Waals surface area contributed by atoms with Gasteiger partial charge in [0, 0.05) is 51.7 Å². The zero-order chi connectivity index (χ0) is 26.1. The van der Waals surface area contributed by atoms with Gasteiger partial charge in [-0.25, -0.2) is 4.79 Å². The van der Waals surface area contributed by atoms with Gasteiger partial charge in [-0.1, -0.05) is 49.8 Å². The van der Waals surface area contributed by atoms with E-state index in [1.54, 1.807) is 17.0 Å². The average molecular weight is 546 g/mol. The molecule has 0 aromatic heterocycles. The van der Waals surface area contributed by atoms with E-state index in [1.165, 1.54) is 0 Å². The highest BCUT2D eigenvalue weighted by atomic mass is 35.5. The van der Waals surface area contributed by atoms with Gasteiger partial charge >= 0.3 is 6.09 Å². The highest BCUT2D eigenvalue weighted by Crippen LogP contribution is 2.45. The van der Waals surface area contributed by atoms with E-state index in [9.17, 15) is 9.59 Å². The van der Waals surface area contributed by atoms with Crippen molar-refractivity contribution in [2.75, 3.05) is 33.0 Å². The Balaban J connectivity index is 1.67.